The monoisotopic (exact) mass is 467 g/mol. The predicted molar refractivity (Wildman–Crippen MR) is 139 cm³/mol. The first-order valence-electron chi connectivity index (χ1n) is 12.7. The Hall–Kier alpha value is -1.89. The van der Waals surface area contributed by atoms with E-state index in [2.05, 4.69) is 53.2 Å². The largest absolute Gasteiger partial charge is 0.396 e. The number of hydrogen-bond donors (Lipinski definition) is 2. The number of nitrogens with one attached hydrogen (secondary N) is 1. The third-order valence-electron chi connectivity index (χ3n) is 7.37. The van der Waals surface area contributed by atoms with Gasteiger partial charge in [-0.2, -0.15) is 0 Å². The lowest BCUT2D eigenvalue weighted by molar-refractivity contribution is 0.122. The highest BCUT2D eigenvalue weighted by Crippen LogP contribution is 2.50. The molecule has 33 heavy (non-hydrogen) atoms. The Morgan fingerprint density at radius 2 is 1.61 bits per heavy atom. The summed E-state index contributed by atoms with van der Waals surface area (Å²) >= 11 is 1.92. The Morgan fingerprint density at radius 3 is 2.27 bits per heavy atom. The number of benzene rings is 2. The molecule has 1 unspecified atom stereocenters. The summed E-state index contributed by atoms with van der Waals surface area (Å²) in [6.07, 6.45) is 6.55. The molecule has 0 amide bonds. The fourth-order valence-electron chi connectivity index (χ4n) is 5.52. The van der Waals surface area contributed by atoms with E-state index in [0.717, 1.165) is 52.1 Å². The van der Waals surface area contributed by atoms with Crippen LogP contribution in [0, 0.1) is 0 Å². The van der Waals surface area contributed by atoms with E-state index in [1.165, 1.54) is 62.9 Å². The first-order chi connectivity index (χ1) is 16.2. The Kier molecular flexibility index (Phi) is 7.05. The smallest absolute Gasteiger partial charge is 0.0642 e. The van der Waals surface area contributed by atoms with Gasteiger partial charge < -0.3 is 25.0 Å². The van der Waals surface area contributed by atoms with Crippen LogP contribution in [-0.2, 0) is 17.6 Å². The van der Waals surface area contributed by atoms with E-state index in [-0.39, 0.29) is 6.61 Å². The Bertz CT molecular complexity index is 988. The van der Waals surface area contributed by atoms with Gasteiger partial charge in [-0.1, -0.05) is 25.6 Å². The molecule has 0 aromatic heterocycles. The third-order valence-corrected chi connectivity index (χ3v) is 8.45. The van der Waals surface area contributed by atoms with Gasteiger partial charge in [0, 0.05) is 53.4 Å². The lowest BCUT2D eigenvalue weighted by Gasteiger charge is -2.38. The molecule has 2 fully saturated rings. The molecule has 2 aromatic carbocycles. The zero-order valence-corrected chi connectivity index (χ0v) is 20.8. The average molecular weight is 468 g/mol. The molecule has 2 saturated heterocycles. The maximum absolute atomic E-state index is 9.62. The molecule has 1 atom stereocenters. The second kappa shape index (κ2) is 10.2. The minimum Gasteiger partial charge on any atom is -0.396 e. The van der Waals surface area contributed by atoms with Gasteiger partial charge in [0.05, 0.1) is 24.6 Å². The van der Waals surface area contributed by atoms with Gasteiger partial charge in [-0.25, -0.2) is 0 Å². The highest BCUT2D eigenvalue weighted by molar-refractivity contribution is 7.99. The van der Waals surface area contributed by atoms with E-state index >= 15 is 0 Å². The molecular weight excluding hydrogens is 430 g/mol. The van der Waals surface area contributed by atoms with Crippen LogP contribution in [0.4, 0.5) is 22.7 Å². The zero-order chi connectivity index (χ0) is 22.8. The number of fused-ring (bicyclic) bond motifs is 2. The molecule has 0 bridgehead atoms. The molecule has 0 radical (unpaired) electrons. The molecule has 5 rings (SSSR count). The molecule has 178 valence electrons. The molecule has 0 spiro atoms. The SMILES string of the molecule is CCc1cc(N2CCOCC2)cc2c1Nc1c(CC)cc(N3CCCCC3CCO)cc1S2. The van der Waals surface area contributed by atoms with Crippen molar-refractivity contribution in [1.82, 2.24) is 0 Å². The first kappa shape index (κ1) is 22.9. The number of aliphatic hydroxyl groups excluding tert-OH is 1. The van der Waals surface area contributed by atoms with Crippen molar-refractivity contribution < 1.29 is 9.84 Å². The summed E-state index contributed by atoms with van der Waals surface area (Å²) in [4.78, 5) is 7.66. The van der Waals surface area contributed by atoms with Crippen molar-refractivity contribution in [3.8, 4) is 0 Å². The number of ether oxygens (including phenoxy) is 1. The molecule has 3 aliphatic heterocycles. The van der Waals surface area contributed by atoms with E-state index in [9.17, 15) is 5.11 Å². The van der Waals surface area contributed by atoms with Gasteiger partial charge >= 0.3 is 0 Å². The third kappa shape index (κ3) is 4.58. The predicted octanol–water partition coefficient (Wildman–Crippen LogP) is 5.60. The number of aryl methyl sites for hydroxylation is 2. The summed E-state index contributed by atoms with van der Waals surface area (Å²) in [6.45, 7) is 9.39. The van der Waals surface area contributed by atoms with Gasteiger partial charge in [0.15, 0.2) is 0 Å². The van der Waals surface area contributed by atoms with Crippen LogP contribution in [-0.4, -0.2) is 50.6 Å². The van der Waals surface area contributed by atoms with Gasteiger partial charge in [0.25, 0.3) is 0 Å². The second-order valence-electron chi connectivity index (χ2n) is 9.34. The quantitative estimate of drug-likeness (QED) is 0.492. The highest BCUT2D eigenvalue weighted by Gasteiger charge is 2.27. The number of morpholine rings is 1. The van der Waals surface area contributed by atoms with E-state index < -0.39 is 0 Å². The van der Waals surface area contributed by atoms with Crippen LogP contribution < -0.4 is 15.1 Å². The molecule has 0 aliphatic carbocycles. The van der Waals surface area contributed by atoms with E-state index in [4.69, 9.17) is 4.74 Å². The summed E-state index contributed by atoms with van der Waals surface area (Å²) in [5.41, 5.74) is 7.97. The summed E-state index contributed by atoms with van der Waals surface area (Å²) in [6, 6.07) is 9.96. The van der Waals surface area contributed by atoms with Crippen LogP contribution in [0.15, 0.2) is 34.1 Å². The topological polar surface area (TPSA) is 48.0 Å². The van der Waals surface area contributed by atoms with Crippen molar-refractivity contribution in [3.63, 3.8) is 0 Å². The molecule has 3 aliphatic rings. The molecular formula is C27H37N3O2S. The maximum atomic E-state index is 9.62. The van der Waals surface area contributed by atoms with Crippen molar-refractivity contribution in [3.05, 3.63) is 35.4 Å². The van der Waals surface area contributed by atoms with Gasteiger partial charge in [-0.3, -0.25) is 0 Å². The van der Waals surface area contributed by atoms with Crippen LogP contribution in [0.2, 0.25) is 0 Å². The van der Waals surface area contributed by atoms with Crippen molar-refractivity contribution in [2.75, 3.05) is 54.6 Å². The summed E-state index contributed by atoms with van der Waals surface area (Å²) < 4.78 is 5.58. The van der Waals surface area contributed by atoms with E-state index in [1.54, 1.807) is 0 Å². The van der Waals surface area contributed by atoms with Crippen LogP contribution in [0.1, 0.15) is 50.7 Å². The average Bonchev–Trinajstić information content (AvgIpc) is 2.87. The summed E-state index contributed by atoms with van der Waals surface area (Å²) in [7, 11) is 0. The number of anilines is 4. The highest BCUT2D eigenvalue weighted by atomic mass is 32.2. The summed E-state index contributed by atoms with van der Waals surface area (Å²) in [5.74, 6) is 0. The van der Waals surface area contributed by atoms with Crippen LogP contribution >= 0.6 is 11.8 Å². The van der Waals surface area contributed by atoms with Crippen molar-refractivity contribution >= 4 is 34.5 Å². The van der Waals surface area contributed by atoms with Crippen LogP contribution in [0.3, 0.4) is 0 Å². The fourth-order valence-corrected chi connectivity index (χ4v) is 6.68. The van der Waals surface area contributed by atoms with Gasteiger partial charge in [-0.15, -0.1) is 0 Å². The number of rotatable bonds is 6. The van der Waals surface area contributed by atoms with Crippen molar-refractivity contribution in [1.29, 1.82) is 0 Å². The number of nitrogens with zero attached hydrogens (tertiary/aromatic N) is 2. The van der Waals surface area contributed by atoms with E-state index in [1.807, 2.05) is 11.8 Å². The van der Waals surface area contributed by atoms with Crippen molar-refractivity contribution in [2.24, 2.45) is 0 Å². The van der Waals surface area contributed by atoms with Crippen molar-refractivity contribution in [2.45, 2.75) is 68.2 Å². The van der Waals surface area contributed by atoms with Gasteiger partial charge in [-0.05, 0) is 73.9 Å². The Morgan fingerprint density at radius 1 is 0.939 bits per heavy atom. The standard InChI is InChI=1S/C27H37N3O2S/c1-3-19-15-22(29-10-13-32-14-11-29)17-24-26(19)28-27-20(4-2)16-23(18-25(27)33-24)30-9-6-5-7-21(30)8-12-31/h15-18,21,28,31H,3-14H2,1-2H3. The second-order valence-corrected chi connectivity index (χ2v) is 10.4. The van der Waals surface area contributed by atoms with E-state index in [0.29, 0.717) is 6.04 Å². The lowest BCUT2D eigenvalue weighted by Crippen LogP contribution is -2.40. The van der Waals surface area contributed by atoms with Gasteiger partial charge in [0.2, 0.25) is 0 Å². The van der Waals surface area contributed by atoms with Crippen LogP contribution in [0.25, 0.3) is 0 Å². The number of piperidine rings is 1. The zero-order valence-electron chi connectivity index (χ0n) is 20.0. The first-order valence-corrected chi connectivity index (χ1v) is 13.5. The maximum Gasteiger partial charge on any atom is 0.0642 e. The molecule has 3 heterocycles. The minimum atomic E-state index is 0.264. The number of hydrogen-bond acceptors (Lipinski definition) is 6. The lowest BCUT2D eigenvalue weighted by atomic mass is 9.97. The molecule has 2 N–H and O–H groups in total. The molecule has 0 saturated carbocycles. The fraction of sp³-hybridized carbons (Fsp3) is 0.556. The Labute approximate surface area is 202 Å². The number of aliphatic hydroxyl groups is 1. The Balaban J connectivity index is 1.51. The molecule has 6 heteroatoms. The molecule has 2 aromatic rings. The summed E-state index contributed by atoms with van der Waals surface area (Å²) in [5, 5.41) is 13.5. The normalized spacial score (nSPS) is 20.3. The van der Waals surface area contributed by atoms with Crippen LogP contribution in [0.5, 0.6) is 0 Å². The molecule has 5 nitrogen and oxygen atoms in total. The minimum absolute atomic E-state index is 0.264. The van der Waals surface area contributed by atoms with Gasteiger partial charge in [0.1, 0.15) is 0 Å².